The Morgan fingerprint density at radius 3 is 2.88 bits per heavy atom. The summed E-state index contributed by atoms with van der Waals surface area (Å²) < 4.78 is 1.01. The second-order valence-electron chi connectivity index (χ2n) is 3.53. The molecule has 0 aliphatic carbocycles. The molecule has 0 unspecified atom stereocenters. The number of halogens is 1. The summed E-state index contributed by atoms with van der Waals surface area (Å²) in [5.41, 5.74) is 2.98. The third-order valence-corrected chi connectivity index (χ3v) is 3.87. The van der Waals surface area contributed by atoms with Crippen molar-refractivity contribution < 1.29 is 0 Å². The highest BCUT2D eigenvalue weighted by Gasteiger charge is 2.09. The van der Waals surface area contributed by atoms with Crippen LogP contribution in [-0.4, -0.2) is 17.0 Å². The Kier molecular flexibility index (Phi) is 3.56. The molecule has 0 amide bonds. The monoisotopic (exact) mass is 297 g/mol. The summed E-state index contributed by atoms with van der Waals surface area (Å²) in [4.78, 5) is 12.0. The number of aromatic nitrogens is 2. The van der Waals surface area contributed by atoms with Crippen LogP contribution in [0.25, 0.3) is 0 Å². The van der Waals surface area contributed by atoms with E-state index in [1.807, 2.05) is 31.6 Å². The van der Waals surface area contributed by atoms with Crippen molar-refractivity contribution in [3.05, 3.63) is 38.9 Å². The number of pyridine rings is 1. The van der Waals surface area contributed by atoms with Gasteiger partial charge in [0, 0.05) is 18.1 Å². The molecule has 0 saturated heterocycles. The van der Waals surface area contributed by atoms with E-state index in [2.05, 4.69) is 30.8 Å². The minimum Gasteiger partial charge on any atom is -0.354 e. The molecule has 16 heavy (non-hydrogen) atoms. The molecule has 2 aromatic rings. The van der Waals surface area contributed by atoms with Gasteiger partial charge in [0.05, 0.1) is 22.2 Å². The zero-order valence-electron chi connectivity index (χ0n) is 9.14. The molecule has 5 heteroatoms. The maximum atomic E-state index is 4.35. The Bertz CT molecular complexity index is 484. The Morgan fingerprint density at radius 1 is 1.44 bits per heavy atom. The van der Waals surface area contributed by atoms with Gasteiger partial charge < -0.3 is 4.90 Å². The van der Waals surface area contributed by atoms with Crippen LogP contribution in [0, 0.1) is 6.92 Å². The summed E-state index contributed by atoms with van der Waals surface area (Å²) in [6.07, 6.45) is 1.80. The zero-order valence-corrected chi connectivity index (χ0v) is 11.5. The largest absolute Gasteiger partial charge is 0.354 e. The van der Waals surface area contributed by atoms with Crippen LogP contribution in [0.4, 0.5) is 5.82 Å². The third kappa shape index (κ3) is 2.41. The lowest BCUT2D eigenvalue weighted by atomic mass is 10.3. The Hall–Kier alpha value is -0.940. The van der Waals surface area contributed by atoms with Gasteiger partial charge >= 0.3 is 0 Å². The van der Waals surface area contributed by atoms with E-state index >= 15 is 0 Å². The average molecular weight is 298 g/mol. The van der Waals surface area contributed by atoms with E-state index < -0.39 is 0 Å². The van der Waals surface area contributed by atoms with Gasteiger partial charge in [-0.1, -0.05) is 0 Å². The first kappa shape index (κ1) is 11.5. The quantitative estimate of drug-likeness (QED) is 0.871. The van der Waals surface area contributed by atoms with E-state index in [1.165, 1.54) is 4.88 Å². The summed E-state index contributed by atoms with van der Waals surface area (Å²) in [6.45, 7) is 2.87. The van der Waals surface area contributed by atoms with Gasteiger partial charge in [-0.2, -0.15) is 0 Å². The van der Waals surface area contributed by atoms with Crippen LogP contribution in [0.1, 0.15) is 10.6 Å². The summed E-state index contributed by atoms with van der Waals surface area (Å²) in [5.74, 6) is 0.954. The number of rotatable bonds is 3. The van der Waals surface area contributed by atoms with E-state index in [4.69, 9.17) is 0 Å². The number of hydrogen-bond donors (Lipinski definition) is 0. The van der Waals surface area contributed by atoms with E-state index in [-0.39, 0.29) is 0 Å². The fourth-order valence-corrected chi connectivity index (χ4v) is 2.81. The SMILES string of the molecule is Cc1ncsc1CN(C)c1ncccc1Br. The predicted octanol–water partition coefficient (Wildman–Crippen LogP) is 3.25. The van der Waals surface area contributed by atoms with Gasteiger partial charge in [-0.15, -0.1) is 11.3 Å². The molecule has 0 radical (unpaired) electrons. The Morgan fingerprint density at radius 2 is 2.25 bits per heavy atom. The Labute approximate surface area is 107 Å². The van der Waals surface area contributed by atoms with Crippen molar-refractivity contribution in [2.45, 2.75) is 13.5 Å². The van der Waals surface area contributed by atoms with Gasteiger partial charge in [0.15, 0.2) is 0 Å². The maximum absolute atomic E-state index is 4.35. The molecule has 0 aliphatic heterocycles. The van der Waals surface area contributed by atoms with Gasteiger partial charge in [0.2, 0.25) is 0 Å². The summed E-state index contributed by atoms with van der Waals surface area (Å²) >= 11 is 5.19. The highest BCUT2D eigenvalue weighted by Crippen LogP contribution is 2.24. The maximum Gasteiger partial charge on any atom is 0.142 e. The zero-order chi connectivity index (χ0) is 11.5. The van der Waals surface area contributed by atoms with Crippen molar-refractivity contribution in [1.82, 2.24) is 9.97 Å². The lowest BCUT2D eigenvalue weighted by Gasteiger charge is -2.18. The van der Waals surface area contributed by atoms with E-state index in [9.17, 15) is 0 Å². The second kappa shape index (κ2) is 4.93. The fraction of sp³-hybridized carbons (Fsp3) is 0.273. The van der Waals surface area contributed by atoms with Gasteiger partial charge in [0.25, 0.3) is 0 Å². The molecule has 2 rings (SSSR count). The summed E-state index contributed by atoms with van der Waals surface area (Å²) in [5, 5.41) is 0. The van der Waals surface area contributed by atoms with Crippen LogP contribution in [0.5, 0.6) is 0 Å². The van der Waals surface area contributed by atoms with Gasteiger partial charge in [-0.05, 0) is 35.0 Å². The van der Waals surface area contributed by atoms with Gasteiger partial charge in [-0.25, -0.2) is 9.97 Å². The smallest absolute Gasteiger partial charge is 0.142 e. The molecule has 2 aromatic heterocycles. The minimum absolute atomic E-state index is 0.839. The van der Waals surface area contributed by atoms with Crippen molar-refractivity contribution in [2.75, 3.05) is 11.9 Å². The molecule has 0 aromatic carbocycles. The average Bonchev–Trinajstić information content (AvgIpc) is 2.65. The van der Waals surface area contributed by atoms with Crippen molar-refractivity contribution in [3.63, 3.8) is 0 Å². The Balaban J connectivity index is 2.18. The lowest BCUT2D eigenvalue weighted by molar-refractivity contribution is 0.897. The molecule has 2 heterocycles. The molecule has 0 aliphatic rings. The molecule has 0 atom stereocenters. The van der Waals surface area contributed by atoms with Crippen LogP contribution in [0.15, 0.2) is 28.3 Å². The number of anilines is 1. The first-order valence-electron chi connectivity index (χ1n) is 4.89. The van der Waals surface area contributed by atoms with E-state index in [0.717, 1.165) is 22.5 Å². The normalized spacial score (nSPS) is 10.4. The number of hydrogen-bond acceptors (Lipinski definition) is 4. The van der Waals surface area contributed by atoms with Crippen molar-refractivity contribution >= 4 is 33.1 Å². The van der Waals surface area contributed by atoms with Crippen LogP contribution in [-0.2, 0) is 6.54 Å². The lowest BCUT2D eigenvalue weighted by Crippen LogP contribution is -2.17. The first-order chi connectivity index (χ1) is 7.68. The highest BCUT2D eigenvalue weighted by molar-refractivity contribution is 9.10. The second-order valence-corrected chi connectivity index (χ2v) is 5.32. The minimum atomic E-state index is 0.839. The van der Waals surface area contributed by atoms with Crippen LogP contribution >= 0.6 is 27.3 Å². The first-order valence-corrected chi connectivity index (χ1v) is 6.56. The number of aryl methyl sites for hydroxylation is 1. The van der Waals surface area contributed by atoms with Crippen molar-refractivity contribution in [3.8, 4) is 0 Å². The topological polar surface area (TPSA) is 29.0 Å². The van der Waals surface area contributed by atoms with Crippen LogP contribution < -0.4 is 4.90 Å². The summed E-state index contributed by atoms with van der Waals surface area (Å²) in [6, 6.07) is 3.91. The van der Waals surface area contributed by atoms with Gasteiger partial charge in [0.1, 0.15) is 5.82 Å². The molecule has 0 saturated carbocycles. The molecule has 0 fully saturated rings. The third-order valence-electron chi connectivity index (χ3n) is 2.33. The van der Waals surface area contributed by atoms with Crippen LogP contribution in [0.3, 0.4) is 0 Å². The molecular formula is C11H12BrN3S. The number of nitrogens with zero attached hydrogens (tertiary/aromatic N) is 3. The fourth-order valence-electron chi connectivity index (χ4n) is 1.43. The molecule has 0 N–H and O–H groups in total. The summed E-state index contributed by atoms with van der Waals surface area (Å²) in [7, 11) is 2.03. The van der Waals surface area contributed by atoms with E-state index in [0.29, 0.717) is 0 Å². The standard InChI is InChI=1S/C11H12BrN3S/c1-8-10(16-7-14-8)6-15(2)11-9(12)4-3-5-13-11/h3-5,7H,6H2,1-2H3. The molecular weight excluding hydrogens is 286 g/mol. The number of thiazole rings is 1. The van der Waals surface area contributed by atoms with Crippen molar-refractivity contribution in [1.29, 1.82) is 0 Å². The van der Waals surface area contributed by atoms with Crippen LogP contribution in [0.2, 0.25) is 0 Å². The predicted molar refractivity (Wildman–Crippen MR) is 70.9 cm³/mol. The van der Waals surface area contributed by atoms with Gasteiger partial charge in [-0.3, -0.25) is 0 Å². The highest BCUT2D eigenvalue weighted by atomic mass is 79.9. The molecule has 0 spiro atoms. The molecule has 84 valence electrons. The molecule has 0 bridgehead atoms. The van der Waals surface area contributed by atoms with Crippen molar-refractivity contribution in [2.24, 2.45) is 0 Å². The van der Waals surface area contributed by atoms with E-state index in [1.54, 1.807) is 17.5 Å². The molecule has 3 nitrogen and oxygen atoms in total.